The van der Waals surface area contributed by atoms with Crippen LogP contribution >= 0.6 is 34.8 Å². The van der Waals surface area contributed by atoms with Crippen LogP contribution in [0.3, 0.4) is 0 Å². The maximum atomic E-state index is 11.9. The van der Waals surface area contributed by atoms with Gasteiger partial charge < -0.3 is 10.6 Å². The fraction of sp³-hybridized carbons (Fsp3) is 0.133. The molecule has 5 nitrogen and oxygen atoms in total. The van der Waals surface area contributed by atoms with Gasteiger partial charge >= 0.3 is 6.03 Å². The van der Waals surface area contributed by atoms with E-state index >= 15 is 0 Å². The predicted molar refractivity (Wildman–Crippen MR) is 93.5 cm³/mol. The van der Waals surface area contributed by atoms with E-state index in [0.29, 0.717) is 33.9 Å². The molecule has 118 valence electrons. The molecule has 2 aromatic rings. The molecule has 0 saturated heterocycles. The van der Waals surface area contributed by atoms with Gasteiger partial charge in [-0.05, 0) is 30.3 Å². The van der Waals surface area contributed by atoms with Gasteiger partial charge in [-0.25, -0.2) is 9.78 Å². The van der Waals surface area contributed by atoms with Crippen molar-refractivity contribution in [3.8, 4) is 0 Å². The van der Waals surface area contributed by atoms with E-state index in [2.05, 4.69) is 20.6 Å². The Morgan fingerprint density at radius 2 is 2.00 bits per heavy atom. The van der Waals surface area contributed by atoms with Crippen LogP contribution in [0.15, 0.2) is 35.3 Å². The molecule has 1 aliphatic heterocycles. The molecule has 2 amide bonds. The standard InChI is InChI=1S/C15H11Cl3N4O/c16-8-1-2-11(10(17)5-8)22-15(23)19-7-9-6-13-12(20-9)3-4-14(18)21-13/h1-5H,6-7H2,(H2,19,22,23). The van der Waals surface area contributed by atoms with Crippen molar-refractivity contribution in [3.05, 3.63) is 51.2 Å². The first kappa shape index (κ1) is 16.1. The molecule has 1 aromatic heterocycles. The molecule has 3 rings (SSSR count). The Hall–Kier alpha value is -1.82. The number of nitrogens with zero attached hydrogens (tertiary/aromatic N) is 2. The van der Waals surface area contributed by atoms with Crippen molar-refractivity contribution in [2.75, 3.05) is 11.9 Å². The molecule has 2 heterocycles. The number of aliphatic imine (C=N–C) groups is 1. The number of pyridine rings is 1. The Bertz CT molecular complexity index is 807. The van der Waals surface area contributed by atoms with Gasteiger partial charge in [0.15, 0.2) is 0 Å². The second-order valence-corrected chi connectivity index (χ2v) is 6.12. The van der Waals surface area contributed by atoms with Crippen molar-refractivity contribution in [2.45, 2.75) is 6.42 Å². The lowest BCUT2D eigenvalue weighted by Crippen LogP contribution is -2.33. The van der Waals surface area contributed by atoms with Gasteiger partial charge in [0.25, 0.3) is 0 Å². The number of urea groups is 1. The number of hydrogen-bond donors (Lipinski definition) is 2. The van der Waals surface area contributed by atoms with Gasteiger partial charge in [-0.1, -0.05) is 34.8 Å². The number of rotatable bonds is 3. The number of halogens is 3. The third-order valence-corrected chi connectivity index (χ3v) is 3.96. The third-order valence-electron chi connectivity index (χ3n) is 3.20. The summed E-state index contributed by atoms with van der Waals surface area (Å²) in [6.07, 6.45) is 0.567. The van der Waals surface area contributed by atoms with Gasteiger partial charge in [0, 0.05) is 17.2 Å². The van der Waals surface area contributed by atoms with E-state index in [1.54, 1.807) is 24.3 Å². The summed E-state index contributed by atoms with van der Waals surface area (Å²) in [6.45, 7) is 0.311. The van der Waals surface area contributed by atoms with Crippen LogP contribution in [0.5, 0.6) is 0 Å². The molecular formula is C15H11Cl3N4O. The molecule has 0 fully saturated rings. The Labute approximate surface area is 147 Å². The van der Waals surface area contributed by atoms with Gasteiger partial charge in [-0.2, -0.15) is 0 Å². The smallest absolute Gasteiger partial charge is 0.319 e. The average molecular weight is 370 g/mol. The summed E-state index contributed by atoms with van der Waals surface area (Å²) < 4.78 is 0. The van der Waals surface area contributed by atoms with Crippen molar-refractivity contribution in [1.29, 1.82) is 0 Å². The largest absolute Gasteiger partial charge is 0.333 e. The number of fused-ring (bicyclic) bond motifs is 1. The van der Waals surface area contributed by atoms with E-state index in [4.69, 9.17) is 34.8 Å². The van der Waals surface area contributed by atoms with Gasteiger partial charge in [-0.15, -0.1) is 0 Å². The number of carbonyl (C=O) groups is 1. The van der Waals surface area contributed by atoms with Crippen LogP contribution in [-0.4, -0.2) is 23.3 Å². The van der Waals surface area contributed by atoms with Crippen molar-refractivity contribution in [1.82, 2.24) is 10.3 Å². The molecule has 2 N–H and O–H groups in total. The van der Waals surface area contributed by atoms with Gasteiger partial charge in [0.05, 0.1) is 28.6 Å². The lowest BCUT2D eigenvalue weighted by molar-refractivity contribution is 0.253. The van der Waals surface area contributed by atoms with E-state index < -0.39 is 0 Å². The molecule has 0 atom stereocenters. The predicted octanol–water partition coefficient (Wildman–Crippen LogP) is 4.49. The highest BCUT2D eigenvalue weighted by atomic mass is 35.5. The fourth-order valence-electron chi connectivity index (χ4n) is 2.14. The molecule has 1 aliphatic rings. The first-order valence-electron chi connectivity index (χ1n) is 6.73. The minimum absolute atomic E-state index is 0.311. The number of hydrogen-bond acceptors (Lipinski definition) is 3. The minimum Gasteiger partial charge on any atom is -0.333 e. The maximum Gasteiger partial charge on any atom is 0.319 e. The zero-order valence-corrected chi connectivity index (χ0v) is 14.0. The summed E-state index contributed by atoms with van der Waals surface area (Å²) in [7, 11) is 0. The van der Waals surface area contributed by atoms with Gasteiger partial charge in [0.2, 0.25) is 0 Å². The van der Waals surface area contributed by atoms with Crippen molar-refractivity contribution < 1.29 is 4.79 Å². The molecule has 0 aliphatic carbocycles. The van der Waals surface area contributed by atoms with Crippen LogP contribution in [0.2, 0.25) is 15.2 Å². The molecule has 23 heavy (non-hydrogen) atoms. The summed E-state index contributed by atoms with van der Waals surface area (Å²) in [5, 5.41) is 6.70. The molecule has 0 radical (unpaired) electrons. The molecule has 0 saturated carbocycles. The highest BCUT2D eigenvalue weighted by Crippen LogP contribution is 2.26. The fourth-order valence-corrected chi connectivity index (χ4v) is 2.76. The number of aromatic nitrogens is 1. The topological polar surface area (TPSA) is 66.4 Å². The first-order chi connectivity index (χ1) is 11.0. The highest BCUT2D eigenvalue weighted by molar-refractivity contribution is 6.36. The molecule has 0 bridgehead atoms. The van der Waals surface area contributed by atoms with E-state index in [1.165, 1.54) is 0 Å². The number of nitrogens with one attached hydrogen (secondary N) is 2. The summed E-state index contributed by atoms with van der Waals surface area (Å²) in [4.78, 5) is 20.5. The quantitative estimate of drug-likeness (QED) is 0.783. The van der Waals surface area contributed by atoms with E-state index in [-0.39, 0.29) is 6.03 Å². The lowest BCUT2D eigenvalue weighted by atomic mass is 10.2. The van der Waals surface area contributed by atoms with E-state index in [0.717, 1.165) is 17.1 Å². The van der Waals surface area contributed by atoms with E-state index in [1.807, 2.05) is 6.07 Å². The van der Waals surface area contributed by atoms with Crippen molar-refractivity contribution in [2.24, 2.45) is 4.99 Å². The minimum atomic E-state index is -0.376. The van der Waals surface area contributed by atoms with Crippen molar-refractivity contribution >= 4 is 57.9 Å². The van der Waals surface area contributed by atoms with Crippen LogP contribution in [0, 0.1) is 0 Å². The molecule has 0 spiro atoms. The van der Waals surface area contributed by atoms with E-state index in [9.17, 15) is 4.79 Å². The monoisotopic (exact) mass is 368 g/mol. The lowest BCUT2D eigenvalue weighted by Gasteiger charge is -2.09. The van der Waals surface area contributed by atoms with Crippen LogP contribution in [0.1, 0.15) is 5.69 Å². The Balaban J connectivity index is 1.56. The number of anilines is 1. The molecule has 8 heteroatoms. The number of carbonyl (C=O) groups excluding carboxylic acids is 1. The molecular weight excluding hydrogens is 359 g/mol. The van der Waals surface area contributed by atoms with Crippen LogP contribution < -0.4 is 10.6 Å². The normalized spacial score (nSPS) is 12.6. The third kappa shape index (κ3) is 3.93. The second kappa shape index (κ2) is 6.74. The zero-order valence-electron chi connectivity index (χ0n) is 11.7. The van der Waals surface area contributed by atoms with Gasteiger partial charge in [0.1, 0.15) is 5.15 Å². The summed E-state index contributed by atoms with van der Waals surface area (Å²) >= 11 is 17.7. The summed E-state index contributed by atoms with van der Waals surface area (Å²) in [6, 6.07) is 7.97. The van der Waals surface area contributed by atoms with Crippen LogP contribution in [-0.2, 0) is 6.42 Å². The highest BCUT2D eigenvalue weighted by Gasteiger charge is 2.17. The Morgan fingerprint density at radius 1 is 1.17 bits per heavy atom. The summed E-state index contributed by atoms with van der Waals surface area (Å²) in [5.74, 6) is 0. The maximum absolute atomic E-state index is 11.9. The average Bonchev–Trinajstić information content (AvgIpc) is 2.90. The number of amides is 2. The van der Waals surface area contributed by atoms with Crippen LogP contribution in [0.4, 0.5) is 16.2 Å². The molecule has 1 aromatic carbocycles. The summed E-state index contributed by atoms with van der Waals surface area (Å²) in [5.41, 5.74) is 2.90. The first-order valence-corrected chi connectivity index (χ1v) is 7.86. The Kier molecular flexibility index (Phi) is 4.71. The van der Waals surface area contributed by atoms with Crippen LogP contribution in [0.25, 0.3) is 0 Å². The van der Waals surface area contributed by atoms with Crippen molar-refractivity contribution in [3.63, 3.8) is 0 Å². The SMILES string of the molecule is O=C(NCC1=Nc2ccc(Cl)nc2C1)Nc1ccc(Cl)cc1Cl. The van der Waals surface area contributed by atoms with Gasteiger partial charge in [-0.3, -0.25) is 4.99 Å². The zero-order chi connectivity index (χ0) is 16.4. The molecule has 0 unspecified atom stereocenters. The second-order valence-electron chi connectivity index (χ2n) is 4.89. The Morgan fingerprint density at radius 3 is 2.78 bits per heavy atom. The number of benzene rings is 1.